The second-order valence-electron chi connectivity index (χ2n) is 16.9. The van der Waals surface area contributed by atoms with Crippen LogP contribution >= 0.6 is 0 Å². The van der Waals surface area contributed by atoms with E-state index < -0.39 is 85.9 Å². The number of alkyl halides is 3. The van der Waals surface area contributed by atoms with Crippen molar-refractivity contribution in [1.29, 1.82) is 0 Å². The van der Waals surface area contributed by atoms with Crippen molar-refractivity contribution in [3.63, 3.8) is 0 Å². The van der Waals surface area contributed by atoms with Gasteiger partial charge in [0.25, 0.3) is 11.7 Å². The Kier molecular flexibility index (Phi) is 10.4. The Morgan fingerprint density at radius 2 is 1.81 bits per heavy atom. The molecular formula is C38H47F3N8O8S. The van der Waals surface area contributed by atoms with Gasteiger partial charge >= 0.3 is 12.3 Å². The van der Waals surface area contributed by atoms with Crippen LogP contribution in [0.5, 0.6) is 5.88 Å². The summed E-state index contributed by atoms with van der Waals surface area (Å²) in [6, 6.07) is 4.36. The van der Waals surface area contributed by atoms with Gasteiger partial charge in [-0.3, -0.25) is 23.5 Å². The van der Waals surface area contributed by atoms with Gasteiger partial charge in [-0.1, -0.05) is 38.1 Å². The lowest BCUT2D eigenvalue weighted by molar-refractivity contribution is -0.244. The number of hydrogen-bond acceptors (Lipinski definition) is 11. The molecule has 0 unspecified atom stereocenters. The summed E-state index contributed by atoms with van der Waals surface area (Å²) in [5.41, 5.74) is -3.88. The fourth-order valence-electron chi connectivity index (χ4n) is 7.78. The third-order valence-electron chi connectivity index (χ3n) is 12.0. The first-order valence-electron chi connectivity index (χ1n) is 19.3. The Labute approximate surface area is 332 Å². The Morgan fingerprint density at radius 1 is 1.09 bits per heavy atom. The van der Waals surface area contributed by atoms with Gasteiger partial charge in [-0.15, -0.1) is 10.2 Å². The van der Waals surface area contributed by atoms with Crippen molar-refractivity contribution < 1.29 is 50.2 Å². The second kappa shape index (κ2) is 14.7. The summed E-state index contributed by atoms with van der Waals surface area (Å²) in [6.45, 7) is 6.30. The zero-order valence-corrected chi connectivity index (χ0v) is 33.5. The first-order chi connectivity index (χ1) is 27.1. The molecule has 2 aliphatic heterocycles. The van der Waals surface area contributed by atoms with Crippen LogP contribution in [0.25, 0.3) is 16.7 Å². The number of hydrogen-bond donors (Lipinski definition) is 3. The van der Waals surface area contributed by atoms with Gasteiger partial charge in [-0.2, -0.15) is 18.2 Å². The molecule has 20 heteroatoms. The maximum Gasteiger partial charge on any atom is 0.427 e. The van der Waals surface area contributed by atoms with Gasteiger partial charge in [-0.25, -0.2) is 13.2 Å². The molecule has 7 atom stereocenters. The van der Waals surface area contributed by atoms with E-state index in [1.54, 1.807) is 35.6 Å². The molecule has 1 saturated heterocycles. The number of para-hydroxylation sites is 1. The van der Waals surface area contributed by atoms with Crippen LogP contribution in [0.15, 0.2) is 42.7 Å². The molecule has 4 heterocycles. The van der Waals surface area contributed by atoms with Crippen molar-refractivity contribution >= 4 is 50.5 Å². The minimum Gasteiger partial charge on any atom is -0.472 e. The average Bonchev–Trinajstić information content (AvgIpc) is 3.92. The van der Waals surface area contributed by atoms with Crippen LogP contribution in [-0.4, -0.2) is 104 Å². The quantitative estimate of drug-likeness (QED) is 0.291. The standard InChI is InChI=1S/C38H47F3N8O8S/c1-21-10-6-7-11-23-18-37(23,32(52)47-58(54,55)36(5)14-15-36)45-29(50)27-17-24(56-30-25-12-8-9-13-26(25)49-20-42-46-33(49)44-30)19-48(27)31(51)28(22(2)16-21)43-34(53)57-35(3,4)38(39,40)41/h7-9,11-13,20-24,27-28H,6,10,14-19H2,1-5H3,(H,43,53)(H,45,50)(H,47,52)/b11-7-/t21-,22-,23-,24-,27+,28+,37-/m1/s1. The summed E-state index contributed by atoms with van der Waals surface area (Å²) < 4.78 is 81.6. The molecular weight excluding hydrogens is 786 g/mol. The van der Waals surface area contributed by atoms with Crippen molar-refractivity contribution in [3.05, 3.63) is 42.7 Å². The van der Waals surface area contributed by atoms with E-state index in [2.05, 4.69) is 30.5 Å². The number of fused-ring (bicyclic) bond motifs is 5. The van der Waals surface area contributed by atoms with E-state index >= 15 is 0 Å². The van der Waals surface area contributed by atoms with Gasteiger partial charge in [0.2, 0.25) is 33.3 Å². The Morgan fingerprint density at radius 3 is 2.52 bits per heavy atom. The molecule has 2 aliphatic carbocycles. The van der Waals surface area contributed by atoms with Crippen molar-refractivity contribution in [1.82, 2.24) is 39.8 Å². The van der Waals surface area contributed by atoms with Crippen molar-refractivity contribution in [2.45, 2.75) is 120 Å². The van der Waals surface area contributed by atoms with Crippen LogP contribution in [-0.2, 0) is 29.1 Å². The number of ether oxygens (including phenoxy) is 2. The number of aromatic nitrogens is 4. The van der Waals surface area contributed by atoms with E-state index in [4.69, 9.17) is 9.47 Å². The highest BCUT2D eigenvalue weighted by Gasteiger charge is 2.63. The average molecular weight is 833 g/mol. The predicted octanol–water partition coefficient (Wildman–Crippen LogP) is 3.95. The molecule has 314 valence electrons. The molecule has 0 bridgehead atoms. The van der Waals surface area contributed by atoms with Crippen LogP contribution in [0.2, 0.25) is 0 Å². The van der Waals surface area contributed by atoms with Crippen LogP contribution in [0.1, 0.15) is 79.6 Å². The van der Waals surface area contributed by atoms with Crippen molar-refractivity contribution in [2.24, 2.45) is 17.8 Å². The molecule has 0 spiro atoms. The summed E-state index contributed by atoms with van der Waals surface area (Å²) in [5.74, 6) is -3.37. The van der Waals surface area contributed by atoms with Gasteiger partial charge in [0.05, 0.1) is 22.2 Å². The highest BCUT2D eigenvalue weighted by molar-refractivity contribution is 7.91. The van der Waals surface area contributed by atoms with Gasteiger partial charge in [0.15, 0.2) is 0 Å². The van der Waals surface area contributed by atoms with Crippen LogP contribution in [0.3, 0.4) is 0 Å². The van der Waals surface area contributed by atoms with Crippen LogP contribution in [0, 0.1) is 17.8 Å². The summed E-state index contributed by atoms with van der Waals surface area (Å²) in [5, 5.41) is 13.7. The summed E-state index contributed by atoms with van der Waals surface area (Å²) in [6.07, 6.45) is 0.0488. The lowest BCUT2D eigenvalue weighted by atomic mass is 9.88. The SMILES string of the molecule is C[C@@H]1CC/C=C\[C@@H]2C[C@@]2(C(=O)NS(=O)(=O)C2(C)CC2)NC(=O)[C@@H]2C[C@@H](Oc3nc4nncn4c4ccccc34)CN2C(=O)[C@@H](NC(=O)OC(C)(C)C(F)(F)F)[C@H](C)C1. The monoisotopic (exact) mass is 832 g/mol. The van der Waals surface area contributed by atoms with Gasteiger partial charge in [0, 0.05) is 12.3 Å². The number of halogens is 3. The first kappa shape index (κ1) is 41.2. The molecule has 2 aromatic heterocycles. The third-order valence-corrected chi connectivity index (χ3v) is 14.1. The fraction of sp³-hybridized carbons (Fsp3) is 0.605. The molecule has 2 saturated carbocycles. The molecule has 0 radical (unpaired) electrons. The summed E-state index contributed by atoms with van der Waals surface area (Å²) in [4.78, 5) is 62.1. The van der Waals surface area contributed by atoms with Gasteiger partial charge < -0.3 is 25.0 Å². The molecule has 1 aromatic carbocycles. The van der Waals surface area contributed by atoms with E-state index in [0.29, 0.717) is 56.9 Å². The Bertz CT molecular complexity index is 2280. The zero-order valence-electron chi connectivity index (χ0n) is 32.7. The highest BCUT2D eigenvalue weighted by atomic mass is 32.2. The molecule has 4 amide bonds. The molecule has 3 fully saturated rings. The lowest BCUT2D eigenvalue weighted by Gasteiger charge is -2.34. The van der Waals surface area contributed by atoms with E-state index in [0.717, 1.165) is 0 Å². The van der Waals surface area contributed by atoms with Crippen molar-refractivity contribution in [3.8, 4) is 5.88 Å². The van der Waals surface area contributed by atoms with E-state index in [-0.39, 0.29) is 37.0 Å². The zero-order chi connectivity index (χ0) is 42.0. The van der Waals surface area contributed by atoms with Crippen LogP contribution < -0.4 is 20.1 Å². The normalized spacial score (nSPS) is 29.6. The first-order valence-corrected chi connectivity index (χ1v) is 20.8. The lowest BCUT2D eigenvalue weighted by Crippen LogP contribution is -2.59. The molecule has 3 N–H and O–H groups in total. The molecule has 16 nitrogen and oxygen atoms in total. The number of nitrogens with zero attached hydrogens (tertiary/aromatic N) is 5. The Hall–Kier alpha value is -5.01. The number of carbonyl (C=O) groups is 4. The van der Waals surface area contributed by atoms with Crippen molar-refractivity contribution in [2.75, 3.05) is 6.54 Å². The minimum absolute atomic E-state index is 0.0437. The fourth-order valence-corrected chi connectivity index (χ4v) is 9.09. The molecule has 3 aromatic rings. The third kappa shape index (κ3) is 7.78. The maximum atomic E-state index is 14.8. The summed E-state index contributed by atoms with van der Waals surface area (Å²) in [7, 11) is -4.08. The number of carbonyl (C=O) groups excluding carboxylic acids is 4. The number of amides is 4. The van der Waals surface area contributed by atoms with Crippen LogP contribution in [0.4, 0.5) is 18.0 Å². The maximum absolute atomic E-state index is 14.8. The van der Waals surface area contributed by atoms with Gasteiger partial charge in [-0.05, 0) is 83.3 Å². The predicted molar refractivity (Wildman–Crippen MR) is 201 cm³/mol. The number of alkyl carbamates (subject to hydrolysis) is 1. The number of allylic oxidation sites excluding steroid dienone is 1. The second-order valence-corrected chi connectivity index (χ2v) is 19.1. The van der Waals surface area contributed by atoms with Gasteiger partial charge in [0.1, 0.15) is 30.1 Å². The molecule has 4 aliphatic rings. The highest BCUT2D eigenvalue weighted by Crippen LogP contribution is 2.48. The molecule has 58 heavy (non-hydrogen) atoms. The number of nitrogens with one attached hydrogen (secondary N) is 3. The topological polar surface area (TPSA) is 203 Å². The number of sulfonamides is 1. The smallest absolute Gasteiger partial charge is 0.427 e. The number of benzene rings is 1. The number of rotatable bonds is 7. The van der Waals surface area contributed by atoms with E-state index in [1.807, 2.05) is 19.1 Å². The van der Waals surface area contributed by atoms with E-state index in [9.17, 15) is 40.8 Å². The van der Waals surface area contributed by atoms with E-state index in [1.165, 1.54) is 18.2 Å². The largest absolute Gasteiger partial charge is 0.472 e. The molecule has 7 rings (SSSR count). The minimum atomic E-state index is -4.92. The summed E-state index contributed by atoms with van der Waals surface area (Å²) >= 11 is 0. The Balaban J connectivity index is 1.24.